The maximum absolute atomic E-state index is 9.86. The van der Waals surface area contributed by atoms with Crippen LogP contribution in [0.25, 0.3) is 11.1 Å². The number of benzene rings is 2. The second-order valence-electron chi connectivity index (χ2n) is 10.3. The number of ether oxygens (including phenoxy) is 1. The van der Waals surface area contributed by atoms with Gasteiger partial charge >= 0.3 is 0 Å². The smallest absolute Gasteiger partial charge is 0.119 e. The molecule has 2 nitrogen and oxygen atoms in total. The Balaban J connectivity index is 1.51. The molecule has 2 aromatic carbocycles. The van der Waals surface area contributed by atoms with Crippen LogP contribution in [-0.2, 0) is 0 Å². The highest BCUT2D eigenvalue weighted by Crippen LogP contribution is 2.46. The molecule has 178 valence electrons. The number of nitrogens with zero attached hydrogens (tertiary/aromatic N) is 1. The molecule has 0 N–H and O–H groups in total. The van der Waals surface area contributed by atoms with Crippen LogP contribution in [0.2, 0.25) is 0 Å². The Hall–Kier alpha value is -2.27. The Morgan fingerprint density at radius 3 is 2.09 bits per heavy atom. The topological polar surface area (TPSA) is 33.0 Å². The van der Waals surface area contributed by atoms with Crippen molar-refractivity contribution in [2.45, 2.75) is 97.3 Å². The third-order valence-electron chi connectivity index (χ3n) is 7.70. The minimum absolute atomic E-state index is 0.0921. The summed E-state index contributed by atoms with van der Waals surface area (Å²) in [6, 6.07) is 20.3. The monoisotopic (exact) mass is 445 g/mol. The highest BCUT2D eigenvalue weighted by Gasteiger charge is 2.36. The lowest BCUT2D eigenvalue weighted by Crippen LogP contribution is -2.27. The normalized spacial score (nSPS) is 21.3. The largest absolute Gasteiger partial charge is 0.494 e. The van der Waals surface area contributed by atoms with Crippen molar-refractivity contribution in [3.8, 4) is 22.9 Å². The molecular formula is C31H43NO. The number of hydrogen-bond acceptors (Lipinski definition) is 2. The minimum atomic E-state index is -0.0921. The maximum atomic E-state index is 9.86. The van der Waals surface area contributed by atoms with Gasteiger partial charge in [-0.3, -0.25) is 0 Å². The van der Waals surface area contributed by atoms with E-state index >= 15 is 0 Å². The molecule has 0 spiro atoms. The molecule has 33 heavy (non-hydrogen) atoms. The van der Waals surface area contributed by atoms with Crippen molar-refractivity contribution in [3.63, 3.8) is 0 Å². The predicted octanol–water partition coefficient (Wildman–Crippen LogP) is 9.31. The van der Waals surface area contributed by atoms with E-state index in [0.717, 1.165) is 50.9 Å². The van der Waals surface area contributed by atoms with E-state index in [0.29, 0.717) is 11.8 Å². The van der Waals surface area contributed by atoms with E-state index in [1.165, 1.54) is 48.8 Å². The molecule has 1 atom stereocenters. The predicted molar refractivity (Wildman–Crippen MR) is 139 cm³/mol. The third-order valence-corrected chi connectivity index (χ3v) is 7.70. The highest BCUT2D eigenvalue weighted by atomic mass is 16.5. The second-order valence-corrected chi connectivity index (χ2v) is 10.3. The molecule has 1 fully saturated rings. The fourth-order valence-corrected chi connectivity index (χ4v) is 5.26. The lowest BCUT2D eigenvalue weighted by Gasteiger charge is -2.36. The fraction of sp³-hybridized carbons (Fsp3) is 0.581. The summed E-state index contributed by atoms with van der Waals surface area (Å²) in [5.41, 5.74) is 3.82. The SMILES string of the molecule is CCCCCCCOc1ccc(-c2ccc(C3CCC(C#N)(CC(C)CC)CC3)cc2)cc1. The van der Waals surface area contributed by atoms with Crippen molar-refractivity contribution in [3.05, 3.63) is 54.1 Å². The van der Waals surface area contributed by atoms with Gasteiger partial charge in [0.1, 0.15) is 5.75 Å². The van der Waals surface area contributed by atoms with Crippen LogP contribution in [-0.4, -0.2) is 6.61 Å². The fourth-order valence-electron chi connectivity index (χ4n) is 5.26. The van der Waals surface area contributed by atoms with E-state index < -0.39 is 0 Å². The van der Waals surface area contributed by atoms with Crippen molar-refractivity contribution < 1.29 is 4.74 Å². The van der Waals surface area contributed by atoms with E-state index in [2.05, 4.69) is 75.4 Å². The van der Waals surface area contributed by atoms with Crippen molar-refractivity contribution >= 4 is 0 Å². The summed E-state index contributed by atoms with van der Waals surface area (Å²) in [4.78, 5) is 0. The van der Waals surface area contributed by atoms with Gasteiger partial charge in [0.25, 0.3) is 0 Å². The number of rotatable bonds is 12. The molecule has 1 saturated carbocycles. The molecule has 1 aliphatic rings. The van der Waals surface area contributed by atoms with E-state index in [-0.39, 0.29) is 5.41 Å². The Labute approximate surface area is 202 Å². The number of hydrogen-bond donors (Lipinski definition) is 0. The lowest BCUT2D eigenvalue weighted by molar-refractivity contribution is 0.198. The Kier molecular flexibility index (Phi) is 9.86. The molecule has 0 aliphatic heterocycles. The Morgan fingerprint density at radius 2 is 1.52 bits per heavy atom. The van der Waals surface area contributed by atoms with Gasteiger partial charge in [-0.25, -0.2) is 0 Å². The van der Waals surface area contributed by atoms with Gasteiger partial charge in [-0.2, -0.15) is 5.26 Å². The summed E-state index contributed by atoms with van der Waals surface area (Å²) in [7, 11) is 0. The molecule has 2 aromatic rings. The van der Waals surface area contributed by atoms with Gasteiger partial charge in [-0.15, -0.1) is 0 Å². The van der Waals surface area contributed by atoms with E-state index in [9.17, 15) is 5.26 Å². The van der Waals surface area contributed by atoms with Crippen molar-refractivity contribution in [2.75, 3.05) is 6.61 Å². The zero-order chi connectivity index (χ0) is 23.5. The first kappa shape index (κ1) is 25.4. The first-order valence-electron chi connectivity index (χ1n) is 13.3. The van der Waals surface area contributed by atoms with Gasteiger partial charge < -0.3 is 4.74 Å². The highest BCUT2D eigenvalue weighted by molar-refractivity contribution is 5.64. The molecule has 0 heterocycles. The molecular weight excluding hydrogens is 402 g/mol. The third kappa shape index (κ3) is 7.36. The summed E-state index contributed by atoms with van der Waals surface area (Å²) in [5.74, 6) is 2.19. The van der Waals surface area contributed by atoms with Crippen molar-refractivity contribution in [1.29, 1.82) is 5.26 Å². The minimum Gasteiger partial charge on any atom is -0.494 e. The Morgan fingerprint density at radius 1 is 0.909 bits per heavy atom. The van der Waals surface area contributed by atoms with Crippen molar-refractivity contribution in [1.82, 2.24) is 0 Å². The number of nitriles is 1. The van der Waals surface area contributed by atoms with Crippen LogP contribution in [0.1, 0.15) is 103 Å². The first-order chi connectivity index (χ1) is 16.1. The molecule has 0 saturated heterocycles. The van der Waals surface area contributed by atoms with Crippen LogP contribution < -0.4 is 4.74 Å². The summed E-state index contributed by atoms with van der Waals surface area (Å²) >= 11 is 0. The summed E-state index contributed by atoms with van der Waals surface area (Å²) < 4.78 is 5.91. The number of unbranched alkanes of at least 4 members (excludes halogenated alkanes) is 4. The summed E-state index contributed by atoms with van der Waals surface area (Å²) in [5, 5.41) is 9.86. The van der Waals surface area contributed by atoms with Crippen LogP contribution >= 0.6 is 0 Å². The average molecular weight is 446 g/mol. The van der Waals surface area contributed by atoms with Gasteiger partial charge in [-0.05, 0) is 79.2 Å². The molecule has 0 radical (unpaired) electrons. The van der Waals surface area contributed by atoms with E-state index in [4.69, 9.17) is 4.74 Å². The van der Waals surface area contributed by atoms with Gasteiger partial charge in [0.05, 0.1) is 18.1 Å². The van der Waals surface area contributed by atoms with Crippen LogP contribution in [0.3, 0.4) is 0 Å². The van der Waals surface area contributed by atoms with Crippen LogP contribution in [0.15, 0.2) is 48.5 Å². The molecule has 0 aromatic heterocycles. The molecule has 1 unspecified atom stereocenters. The van der Waals surface area contributed by atoms with Crippen LogP contribution in [0.5, 0.6) is 5.75 Å². The van der Waals surface area contributed by atoms with Crippen molar-refractivity contribution in [2.24, 2.45) is 11.3 Å². The molecule has 3 rings (SSSR count). The molecule has 0 amide bonds. The molecule has 0 bridgehead atoms. The summed E-state index contributed by atoms with van der Waals surface area (Å²) in [6.45, 7) is 7.58. The van der Waals surface area contributed by atoms with E-state index in [1.807, 2.05) is 0 Å². The average Bonchev–Trinajstić information content (AvgIpc) is 2.87. The Bertz CT molecular complexity index is 853. The zero-order valence-electron chi connectivity index (χ0n) is 21.1. The molecule has 2 heteroatoms. The quantitative estimate of drug-likeness (QED) is 0.305. The zero-order valence-corrected chi connectivity index (χ0v) is 21.1. The van der Waals surface area contributed by atoms with Crippen LogP contribution in [0.4, 0.5) is 0 Å². The van der Waals surface area contributed by atoms with Gasteiger partial charge in [0.2, 0.25) is 0 Å². The maximum Gasteiger partial charge on any atom is 0.119 e. The van der Waals surface area contributed by atoms with Gasteiger partial charge in [-0.1, -0.05) is 89.3 Å². The van der Waals surface area contributed by atoms with Gasteiger partial charge in [0.15, 0.2) is 0 Å². The van der Waals surface area contributed by atoms with Gasteiger partial charge in [0, 0.05) is 0 Å². The lowest BCUT2D eigenvalue weighted by atomic mass is 9.66. The summed E-state index contributed by atoms with van der Waals surface area (Å²) in [6.07, 6.45) is 12.9. The first-order valence-corrected chi connectivity index (χ1v) is 13.3. The van der Waals surface area contributed by atoms with E-state index in [1.54, 1.807) is 0 Å². The standard InChI is InChI=1S/C31H43NO/c1-4-6-7-8-9-22-33-30-16-14-28(15-17-30)26-10-12-27(13-11-26)29-18-20-31(24-32,21-19-29)23-25(3)5-2/h10-17,25,29H,4-9,18-23H2,1-3H3. The molecule has 1 aliphatic carbocycles. The van der Waals surface area contributed by atoms with Crippen LogP contribution in [0, 0.1) is 22.7 Å². The second kappa shape index (κ2) is 12.8.